The Morgan fingerprint density at radius 2 is 2.29 bits per heavy atom. The first-order chi connectivity index (χ1) is 3.34. The summed E-state index contributed by atoms with van der Waals surface area (Å²) in [4.78, 5) is 0. The molecule has 0 aromatic rings. The summed E-state index contributed by atoms with van der Waals surface area (Å²) in [5.41, 5.74) is 0. The first-order valence-electron chi connectivity index (χ1n) is 3.17. The van der Waals surface area contributed by atoms with Crippen LogP contribution in [0.15, 0.2) is 0 Å². The topological polar surface area (TPSA) is 0 Å². The van der Waals surface area contributed by atoms with Crippen LogP contribution in [0.25, 0.3) is 0 Å². The van der Waals surface area contributed by atoms with Crippen molar-refractivity contribution in [2.75, 3.05) is 0 Å². The lowest BCUT2D eigenvalue weighted by atomic mass is 10.0. The van der Waals surface area contributed by atoms with Gasteiger partial charge in [0, 0.05) is 0 Å². The van der Waals surface area contributed by atoms with Crippen molar-refractivity contribution in [3.05, 3.63) is 6.92 Å². The molecule has 7 heavy (non-hydrogen) atoms. The van der Waals surface area contributed by atoms with Crippen molar-refractivity contribution in [3.8, 4) is 0 Å². The molecule has 1 fully saturated rings. The minimum Gasteiger partial charge on any atom is -0.340 e. The predicted octanol–water partition coefficient (Wildman–Crippen LogP) is 2.26. The van der Waals surface area contributed by atoms with Gasteiger partial charge in [-0.05, 0) is 0 Å². The van der Waals surface area contributed by atoms with Gasteiger partial charge in [-0.15, -0.1) is 0 Å². The Hall–Kier alpha value is 0. The first kappa shape index (κ1) is 5.14. The average molecular weight is 97.2 g/mol. The number of hydrogen-bond acceptors (Lipinski definition) is 0. The molecular formula is C7H13-. The van der Waals surface area contributed by atoms with Gasteiger partial charge < -0.3 is 6.92 Å². The van der Waals surface area contributed by atoms with Crippen molar-refractivity contribution >= 4 is 0 Å². The van der Waals surface area contributed by atoms with Gasteiger partial charge in [-0.25, -0.2) is 0 Å². The molecule has 0 N–H and O–H groups in total. The van der Waals surface area contributed by atoms with Crippen LogP contribution >= 0.6 is 0 Å². The number of hydrogen-bond donors (Lipinski definition) is 0. The van der Waals surface area contributed by atoms with Gasteiger partial charge in [0.25, 0.3) is 0 Å². The van der Waals surface area contributed by atoms with Crippen LogP contribution in [0, 0.1) is 18.8 Å². The highest BCUT2D eigenvalue weighted by Gasteiger charge is 2.21. The van der Waals surface area contributed by atoms with Crippen molar-refractivity contribution < 1.29 is 0 Å². The number of rotatable bonds is 2. The van der Waals surface area contributed by atoms with E-state index >= 15 is 0 Å². The largest absolute Gasteiger partial charge is 0.340 e. The van der Waals surface area contributed by atoms with Crippen LogP contribution in [-0.4, -0.2) is 0 Å². The van der Waals surface area contributed by atoms with E-state index < -0.39 is 0 Å². The lowest BCUT2D eigenvalue weighted by molar-refractivity contribution is 0.546. The van der Waals surface area contributed by atoms with Crippen LogP contribution in [0.2, 0.25) is 0 Å². The van der Waals surface area contributed by atoms with Crippen LogP contribution in [-0.2, 0) is 0 Å². The zero-order chi connectivity index (χ0) is 5.28. The van der Waals surface area contributed by atoms with E-state index in [1.807, 2.05) is 0 Å². The molecule has 0 aliphatic heterocycles. The zero-order valence-electron chi connectivity index (χ0n) is 4.98. The van der Waals surface area contributed by atoms with Crippen molar-refractivity contribution in [2.45, 2.75) is 26.2 Å². The van der Waals surface area contributed by atoms with Crippen LogP contribution in [0.1, 0.15) is 26.2 Å². The Balaban J connectivity index is 2.10. The zero-order valence-corrected chi connectivity index (χ0v) is 4.98. The maximum Gasteiger partial charge on any atom is -0.0525 e. The molecule has 1 atom stereocenters. The highest BCUT2D eigenvalue weighted by atomic mass is 14.3. The monoisotopic (exact) mass is 97.1 g/mol. The molecule has 1 aliphatic carbocycles. The summed E-state index contributed by atoms with van der Waals surface area (Å²) in [7, 11) is 0. The molecule has 0 bridgehead atoms. The smallest absolute Gasteiger partial charge is 0.0525 e. The second-order valence-corrected chi connectivity index (χ2v) is 2.51. The highest BCUT2D eigenvalue weighted by molar-refractivity contribution is 4.81. The van der Waals surface area contributed by atoms with Crippen LogP contribution in [0.4, 0.5) is 0 Å². The van der Waals surface area contributed by atoms with Crippen molar-refractivity contribution in [3.63, 3.8) is 0 Å². The minimum atomic E-state index is 0.764. The van der Waals surface area contributed by atoms with E-state index in [0.717, 1.165) is 11.8 Å². The molecule has 0 radical (unpaired) electrons. The molecule has 1 saturated carbocycles. The Bertz CT molecular complexity index is 53.1. The fraction of sp³-hybridized carbons (Fsp3) is 0.857. The summed E-state index contributed by atoms with van der Waals surface area (Å²) in [6, 6.07) is 0. The van der Waals surface area contributed by atoms with E-state index in [9.17, 15) is 0 Å². The van der Waals surface area contributed by atoms with Gasteiger partial charge in [0.15, 0.2) is 0 Å². The van der Waals surface area contributed by atoms with E-state index in [4.69, 9.17) is 0 Å². The molecule has 1 aliphatic rings. The summed E-state index contributed by atoms with van der Waals surface area (Å²) in [5.74, 6) is 1.77. The second kappa shape index (κ2) is 1.85. The molecule has 0 heteroatoms. The van der Waals surface area contributed by atoms with E-state index in [0.29, 0.717) is 0 Å². The van der Waals surface area contributed by atoms with Crippen molar-refractivity contribution in [1.29, 1.82) is 0 Å². The molecule has 0 saturated heterocycles. The standard InChI is InChI=1S/C7H13/c1-3-6(2)7-4-5-7/h6-7H,2-5H2,1H3/q-1. The first-order valence-corrected chi connectivity index (χ1v) is 3.17. The van der Waals surface area contributed by atoms with E-state index in [-0.39, 0.29) is 0 Å². The highest BCUT2D eigenvalue weighted by Crippen LogP contribution is 2.37. The Kier molecular flexibility index (Phi) is 1.36. The third kappa shape index (κ3) is 1.19. The fourth-order valence-electron chi connectivity index (χ4n) is 0.901. The van der Waals surface area contributed by atoms with Gasteiger partial charge in [0.1, 0.15) is 0 Å². The Labute approximate surface area is 45.9 Å². The molecule has 0 spiro atoms. The molecule has 0 aromatic carbocycles. The summed E-state index contributed by atoms with van der Waals surface area (Å²) >= 11 is 0. The van der Waals surface area contributed by atoms with Gasteiger partial charge in [-0.2, -0.15) is 5.92 Å². The fourth-order valence-corrected chi connectivity index (χ4v) is 0.901. The van der Waals surface area contributed by atoms with Gasteiger partial charge >= 0.3 is 0 Å². The van der Waals surface area contributed by atoms with Crippen LogP contribution in [0.3, 0.4) is 0 Å². The van der Waals surface area contributed by atoms with Crippen LogP contribution < -0.4 is 0 Å². The second-order valence-electron chi connectivity index (χ2n) is 2.51. The summed E-state index contributed by atoms with van der Waals surface area (Å²) in [6.07, 6.45) is 4.16. The van der Waals surface area contributed by atoms with Gasteiger partial charge in [0.2, 0.25) is 0 Å². The molecule has 0 heterocycles. The maximum atomic E-state index is 4.02. The Morgan fingerprint density at radius 3 is 2.43 bits per heavy atom. The summed E-state index contributed by atoms with van der Waals surface area (Å²) < 4.78 is 0. The lowest BCUT2D eigenvalue weighted by Gasteiger charge is -2.11. The van der Waals surface area contributed by atoms with Gasteiger partial charge in [0.05, 0.1) is 0 Å². The normalized spacial score (nSPS) is 24.9. The average Bonchev–Trinajstić information content (AvgIpc) is 2.44. The van der Waals surface area contributed by atoms with E-state index in [2.05, 4.69) is 13.8 Å². The third-order valence-electron chi connectivity index (χ3n) is 1.81. The molecule has 42 valence electrons. The lowest BCUT2D eigenvalue weighted by Crippen LogP contribution is -1.92. The SMILES string of the molecule is [CH2-]C(CC)C1CC1. The molecule has 1 unspecified atom stereocenters. The minimum absolute atomic E-state index is 0.764. The summed E-state index contributed by atoms with van der Waals surface area (Å²) in [6.45, 7) is 6.24. The maximum absolute atomic E-state index is 4.02. The third-order valence-corrected chi connectivity index (χ3v) is 1.81. The van der Waals surface area contributed by atoms with Gasteiger partial charge in [-0.1, -0.05) is 32.1 Å². The van der Waals surface area contributed by atoms with Crippen molar-refractivity contribution in [1.82, 2.24) is 0 Å². The van der Waals surface area contributed by atoms with E-state index in [1.165, 1.54) is 19.3 Å². The van der Waals surface area contributed by atoms with Crippen LogP contribution in [0.5, 0.6) is 0 Å². The quantitative estimate of drug-likeness (QED) is 0.464. The molecule has 0 nitrogen and oxygen atoms in total. The molecular weight excluding hydrogens is 84.1 g/mol. The molecule has 0 aromatic heterocycles. The van der Waals surface area contributed by atoms with E-state index in [1.54, 1.807) is 0 Å². The molecule has 1 rings (SSSR count). The predicted molar refractivity (Wildman–Crippen MR) is 31.9 cm³/mol. The summed E-state index contributed by atoms with van der Waals surface area (Å²) in [5, 5.41) is 0. The molecule has 0 amide bonds. The van der Waals surface area contributed by atoms with Gasteiger partial charge in [-0.3, -0.25) is 0 Å². The Morgan fingerprint density at radius 1 is 1.71 bits per heavy atom. The van der Waals surface area contributed by atoms with Crippen molar-refractivity contribution in [2.24, 2.45) is 11.8 Å².